The number of hydrogen-bond acceptors (Lipinski definition) is 5. The van der Waals surface area contributed by atoms with Gasteiger partial charge in [0, 0.05) is 36.7 Å². The van der Waals surface area contributed by atoms with Crippen molar-refractivity contribution in [2.75, 3.05) is 49.0 Å². The van der Waals surface area contributed by atoms with Gasteiger partial charge in [0.2, 0.25) is 0 Å². The van der Waals surface area contributed by atoms with E-state index >= 15 is 0 Å². The lowest BCUT2D eigenvalue weighted by Crippen LogP contribution is -2.49. The first-order valence-corrected chi connectivity index (χ1v) is 7.33. The number of thioether (sulfide) groups is 1. The third-order valence-electron chi connectivity index (χ3n) is 3.57. The van der Waals surface area contributed by atoms with Crippen LogP contribution in [0.2, 0.25) is 0 Å². The maximum Gasteiger partial charge on any atom is 0.162 e. The normalized spacial score (nSPS) is 21.7. The number of rotatable bonds is 2. The van der Waals surface area contributed by atoms with Crippen LogP contribution in [0.1, 0.15) is 0 Å². The molecule has 1 saturated heterocycles. The summed E-state index contributed by atoms with van der Waals surface area (Å²) in [6.07, 6.45) is 0. The molecule has 18 heavy (non-hydrogen) atoms. The third kappa shape index (κ3) is 1.86. The molecule has 0 spiro atoms. The van der Waals surface area contributed by atoms with Gasteiger partial charge >= 0.3 is 0 Å². The Labute approximate surface area is 112 Å². The Kier molecular flexibility index (Phi) is 3.16. The highest BCUT2D eigenvalue weighted by atomic mass is 32.2. The fourth-order valence-electron chi connectivity index (χ4n) is 2.62. The molecule has 1 aromatic rings. The summed E-state index contributed by atoms with van der Waals surface area (Å²) in [5, 5.41) is 3.50. The van der Waals surface area contributed by atoms with Gasteiger partial charge in [0.25, 0.3) is 0 Å². The van der Waals surface area contributed by atoms with Gasteiger partial charge in [0.1, 0.15) is 0 Å². The molecule has 0 radical (unpaired) electrons. The first-order chi connectivity index (χ1) is 8.83. The van der Waals surface area contributed by atoms with E-state index in [0.29, 0.717) is 6.04 Å². The molecule has 1 atom stereocenters. The van der Waals surface area contributed by atoms with Gasteiger partial charge in [-0.15, -0.1) is 0 Å². The van der Waals surface area contributed by atoms with E-state index in [1.54, 1.807) is 14.2 Å². The van der Waals surface area contributed by atoms with Crippen molar-refractivity contribution in [2.45, 2.75) is 6.04 Å². The van der Waals surface area contributed by atoms with Gasteiger partial charge in [-0.3, -0.25) is 0 Å². The SMILES string of the molecule is COc1cc2c(cc1OC)N1CCSCC1CN2. The largest absolute Gasteiger partial charge is 0.493 e. The van der Waals surface area contributed by atoms with Crippen LogP contribution in [0.15, 0.2) is 12.1 Å². The lowest BCUT2D eigenvalue weighted by molar-refractivity contribution is 0.355. The average molecular weight is 266 g/mol. The fourth-order valence-corrected chi connectivity index (χ4v) is 3.68. The monoisotopic (exact) mass is 266 g/mol. The Morgan fingerprint density at radius 3 is 2.83 bits per heavy atom. The number of methoxy groups -OCH3 is 2. The summed E-state index contributed by atoms with van der Waals surface area (Å²) < 4.78 is 10.7. The van der Waals surface area contributed by atoms with Crippen LogP contribution in [-0.2, 0) is 0 Å². The summed E-state index contributed by atoms with van der Waals surface area (Å²) in [7, 11) is 3.36. The van der Waals surface area contributed by atoms with Crippen LogP contribution in [0.3, 0.4) is 0 Å². The van der Waals surface area contributed by atoms with Crippen molar-refractivity contribution in [3.8, 4) is 11.5 Å². The highest BCUT2D eigenvalue weighted by Crippen LogP contribution is 2.42. The molecule has 3 rings (SSSR count). The summed E-state index contributed by atoms with van der Waals surface area (Å²) in [5.74, 6) is 3.98. The molecule has 0 bridgehead atoms. The van der Waals surface area contributed by atoms with Gasteiger partial charge in [-0.2, -0.15) is 11.8 Å². The van der Waals surface area contributed by atoms with Crippen molar-refractivity contribution in [3.05, 3.63) is 12.1 Å². The van der Waals surface area contributed by atoms with Gasteiger partial charge in [-0.1, -0.05) is 0 Å². The number of nitrogens with one attached hydrogen (secondary N) is 1. The molecule has 0 aliphatic carbocycles. The minimum atomic E-state index is 0.592. The molecular formula is C13H18N2O2S. The molecule has 0 aromatic heterocycles. The van der Waals surface area contributed by atoms with Crippen LogP contribution in [0.4, 0.5) is 11.4 Å². The summed E-state index contributed by atoms with van der Waals surface area (Å²) >= 11 is 2.04. The van der Waals surface area contributed by atoms with E-state index in [-0.39, 0.29) is 0 Å². The molecule has 98 valence electrons. The first-order valence-electron chi connectivity index (χ1n) is 6.17. The molecule has 2 aliphatic heterocycles. The van der Waals surface area contributed by atoms with Crippen molar-refractivity contribution in [3.63, 3.8) is 0 Å². The number of hydrogen-bond donors (Lipinski definition) is 1. The van der Waals surface area contributed by atoms with Crippen LogP contribution in [0, 0.1) is 0 Å². The number of benzene rings is 1. The van der Waals surface area contributed by atoms with Crippen LogP contribution in [-0.4, -0.2) is 44.9 Å². The minimum absolute atomic E-state index is 0.592. The Bertz CT molecular complexity index is 453. The van der Waals surface area contributed by atoms with E-state index in [9.17, 15) is 0 Å². The van der Waals surface area contributed by atoms with Gasteiger partial charge < -0.3 is 19.7 Å². The average Bonchev–Trinajstić information content (AvgIpc) is 2.45. The van der Waals surface area contributed by atoms with Crippen LogP contribution < -0.4 is 19.7 Å². The molecule has 1 N–H and O–H groups in total. The predicted octanol–water partition coefficient (Wildman–Crippen LogP) is 2.05. The molecule has 2 heterocycles. The molecule has 4 nitrogen and oxygen atoms in total. The predicted molar refractivity (Wildman–Crippen MR) is 76.5 cm³/mol. The number of ether oxygens (including phenoxy) is 2. The molecule has 0 amide bonds. The van der Waals surface area contributed by atoms with Crippen molar-refractivity contribution in [2.24, 2.45) is 0 Å². The number of fused-ring (bicyclic) bond motifs is 3. The maximum absolute atomic E-state index is 5.40. The minimum Gasteiger partial charge on any atom is -0.493 e. The molecular weight excluding hydrogens is 248 g/mol. The molecule has 5 heteroatoms. The Morgan fingerprint density at radius 1 is 1.28 bits per heavy atom. The number of nitrogens with zero attached hydrogens (tertiary/aromatic N) is 1. The smallest absolute Gasteiger partial charge is 0.162 e. The molecule has 1 unspecified atom stereocenters. The second-order valence-corrected chi connectivity index (χ2v) is 5.68. The number of anilines is 2. The molecule has 1 fully saturated rings. The van der Waals surface area contributed by atoms with E-state index in [4.69, 9.17) is 9.47 Å². The fraction of sp³-hybridized carbons (Fsp3) is 0.538. The van der Waals surface area contributed by atoms with E-state index in [1.165, 1.54) is 17.2 Å². The zero-order chi connectivity index (χ0) is 12.5. The summed E-state index contributed by atoms with van der Waals surface area (Å²) in [4.78, 5) is 2.49. The van der Waals surface area contributed by atoms with E-state index in [2.05, 4.69) is 16.3 Å². The van der Waals surface area contributed by atoms with Crippen LogP contribution in [0.25, 0.3) is 0 Å². The van der Waals surface area contributed by atoms with Crippen LogP contribution in [0.5, 0.6) is 11.5 Å². The van der Waals surface area contributed by atoms with Crippen molar-refractivity contribution in [1.82, 2.24) is 0 Å². The van der Waals surface area contributed by atoms with Gasteiger partial charge in [-0.05, 0) is 0 Å². The van der Waals surface area contributed by atoms with Gasteiger partial charge in [-0.25, -0.2) is 0 Å². The first kappa shape index (κ1) is 11.8. The summed E-state index contributed by atoms with van der Waals surface area (Å²) in [6.45, 7) is 2.12. The Morgan fingerprint density at radius 2 is 2.06 bits per heavy atom. The van der Waals surface area contributed by atoms with E-state index < -0.39 is 0 Å². The second kappa shape index (κ2) is 4.80. The second-order valence-electron chi connectivity index (χ2n) is 4.53. The van der Waals surface area contributed by atoms with Gasteiger partial charge in [0.15, 0.2) is 11.5 Å². The Balaban J connectivity index is 2.02. The zero-order valence-corrected chi connectivity index (χ0v) is 11.5. The molecule has 2 aliphatic rings. The molecule has 1 aromatic carbocycles. The summed E-state index contributed by atoms with van der Waals surface area (Å²) in [6, 6.07) is 4.71. The highest BCUT2D eigenvalue weighted by molar-refractivity contribution is 7.99. The lowest BCUT2D eigenvalue weighted by Gasteiger charge is -2.42. The van der Waals surface area contributed by atoms with Crippen molar-refractivity contribution < 1.29 is 9.47 Å². The highest BCUT2D eigenvalue weighted by Gasteiger charge is 2.29. The molecule has 0 saturated carbocycles. The topological polar surface area (TPSA) is 33.7 Å². The third-order valence-corrected chi connectivity index (χ3v) is 4.66. The van der Waals surface area contributed by atoms with E-state index in [1.807, 2.05) is 17.8 Å². The van der Waals surface area contributed by atoms with Crippen molar-refractivity contribution >= 4 is 23.1 Å². The lowest BCUT2D eigenvalue weighted by atomic mass is 10.1. The quantitative estimate of drug-likeness (QED) is 0.886. The van der Waals surface area contributed by atoms with Crippen LogP contribution >= 0.6 is 11.8 Å². The van der Waals surface area contributed by atoms with Crippen molar-refractivity contribution in [1.29, 1.82) is 0 Å². The maximum atomic E-state index is 5.40. The van der Waals surface area contributed by atoms with Gasteiger partial charge in [0.05, 0.1) is 31.6 Å². The zero-order valence-electron chi connectivity index (χ0n) is 10.7. The van der Waals surface area contributed by atoms with E-state index in [0.717, 1.165) is 30.3 Å². The summed E-state index contributed by atoms with van der Waals surface area (Å²) in [5.41, 5.74) is 2.39. The Hall–Kier alpha value is -1.23. The standard InChI is InChI=1S/C13H18N2O2S/c1-16-12-5-10-11(6-13(12)17-2)15-3-4-18-8-9(15)7-14-10/h5-6,9,14H,3-4,7-8H2,1-2H3.